The highest BCUT2D eigenvalue weighted by molar-refractivity contribution is 5.81. The highest BCUT2D eigenvalue weighted by Crippen LogP contribution is 2.31. The zero-order valence-electron chi connectivity index (χ0n) is 17.2. The molecule has 3 fully saturated rings. The van der Waals surface area contributed by atoms with E-state index in [1.54, 1.807) is 10.9 Å². The first kappa shape index (κ1) is 19.1. The minimum Gasteiger partial charge on any atom is -0.389 e. The molecule has 1 saturated heterocycles. The van der Waals surface area contributed by atoms with E-state index in [0.717, 1.165) is 81.5 Å². The Bertz CT molecular complexity index is 922. The number of fused-ring (bicyclic) bond motifs is 1. The summed E-state index contributed by atoms with van der Waals surface area (Å²) in [6, 6.07) is 6.07. The molecule has 1 N–H and O–H groups in total. The van der Waals surface area contributed by atoms with E-state index in [-0.39, 0.29) is 5.56 Å². The van der Waals surface area contributed by atoms with E-state index in [1.165, 1.54) is 19.3 Å². The molecule has 3 aliphatic rings. The first-order chi connectivity index (χ1) is 14.1. The SMILES string of the molecule is O=c1c2ccc(N3CCN(CC4(O)CCCCC4)CC3)cc2ncn1CC1CC1. The third-order valence-corrected chi connectivity index (χ3v) is 7.00. The fourth-order valence-corrected chi connectivity index (χ4v) is 5.00. The summed E-state index contributed by atoms with van der Waals surface area (Å²) in [7, 11) is 0. The fourth-order valence-electron chi connectivity index (χ4n) is 5.00. The molecule has 2 heterocycles. The Morgan fingerprint density at radius 3 is 2.55 bits per heavy atom. The Kier molecular flexibility index (Phi) is 5.08. The van der Waals surface area contributed by atoms with Crippen molar-refractivity contribution < 1.29 is 5.11 Å². The van der Waals surface area contributed by atoms with Crippen molar-refractivity contribution in [1.29, 1.82) is 0 Å². The van der Waals surface area contributed by atoms with Crippen LogP contribution in [0.15, 0.2) is 29.3 Å². The van der Waals surface area contributed by atoms with Gasteiger partial charge in [0.05, 0.1) is 22.8 Å². The van der Waals surface area contributed by atoms with E-state index in [4.69, 9.17) is 0 Å². The maximum Gasteiger partial charge on any atom is 0.261 e. The maximum atomic E-state index is 12.7. The summed E-state index contributed by atoms with van der Waals surface area (Å²) in [6.45, 7) is 5.44. The number of benzene rings is 1. The number of rotatable bonds is 5. The molecule has 2 aliphatic carbocycles. The summed E-state index contributed by atoms with van der Waals surface area (Å²) >= 11 is 0. The zero-order valence-corrected chi connectivity index (χ0v) is 17.2. The molecule has 6 nitrogen and oxygen atoms in total. The van der Waals surface area contributed by atoms with Crippen LogP contribution in [-0.2, 0) is 6.54 Å². The first-order valence-electron chi connectivity index (χ1n) is 11.3. The lowest BCUT2D eigenvalue weighted by atomic mass is 9.84. The average Bonchev–Trinajstić information content (AvgIpc) is 3.55. The Morgan fingerprint density at radius 2 is 1.83 bits per heavy atom. The van der Waals surface area contributed by atoms with Crippen molar-refractivity contribution in [2.75, 3.05) is 37.6 Å². The number of hydrogen-bond acceptors (Lipinski definition) is 5. The van der Waals surface area contributed by atoms with Gasteiger partial charge in [-0.2, -0.15) is 0 Å². The summed E-state index contributed by atoms with van der Waals surface area (Å²) in [5.74, 6) is 0.661. The van der Waals surface area contributed by atoms with Gasteiger partial charge < -0.3 is 10.0 Å². The van der Waals surface area contributed by atoms with Gasteiger partial charge in [0.2, 0.25) is 0 Å². The van der Waals surface area contributed by atoms with E-state index in [0.29, 0.717) is 5.92 Å². The number of hydrogen-bond donors (Lipinski definition) is 1. The van der Waals surface area contributed by atoms with Crippen LogP contribution in [0, 0.1) is 5.92 Å². The largest absolute Gasteiger partial charge is 0.389 e. The molecule has 1 aromatic heterocycles. The van der Waals surface area contributed by atoms with Crippen LogP contribution in [0.5, 0.6) is 0 Å². The predicted octanol–water partition coefficient (Wildman–Crippen LogP) is 2.62. The van der Waals surface area contributed by atoms with Crippen LogP contribution in [0.4, 0.5) is 5.69 Å². The highest BCUT2D eigenvalue weighted by atomic mass is 16.3. The van der Waals surface area contributed by atoms with Crippen LogP contribution < -0.4 is 10.5 Å². The lowest BCUT2D eigenvalue weighted by Crippen LogP contribution is -2.52. The molecule has 29 heavy (non-hydrogen) atoms. The van der Waals surface area contributed by atoms with Crippen molar-refractivity contribution in [2.24, 2.45) is 5.92 Å². The second-order valence-electron chi connectivity index (χ2n) is 9.40. The fraction of sp³-hybridized carbons (Fsp3) is 0.652. The minimum absolute atomic E-state index is 0.0824. The molecular weight excluding hydrogens is 364 g/mol. The summed E-state index contributed by atoms with van der Waals surface area (Å²) < 4.78 is 1.77. The molecule has 0 unspecified atom stereocenters. The van der Waals surface area contributed by atoms with Crippen molar-refractivity contribution in [3.63, 3.8) is 0 Å². The second kappa shape index (κ2) is 7.73. The zero-order chi connectivity index (χ0) is 19.8. The molecule has 1 aliphatic heterocycles. The molecule has 6 heteroatoms. The molecule has 156 valence electrons. The highest BCUT2D eigenvalue weighted by Gasteiger charge is 2.32. The number of aliphatic hydroxyl groups is 1. The van der Waals surface area contributed by atoms with Gasteiger partial charge in [0, 0.05) is 45.0 Å². The van der Waals surface area contributed by atoms with Crippen LogP contribution in [0.2, 0.25) is 0 Å². The van der Waals surface area contributed by atoms with Gasteiger partial charge in [-0.3, -0.25) is 14.3 Å². The summed E-state index contributed by atoms with van der Waals surface area (Å²) in [4.78, 5) is 22.1. The third-order valence-electron chi connectivity index (χ3n) is 7.00. The Hall–Kier alpha value is -1.92. The van der Waals surface area contributed by atoms with Crippen molar-refractivity contribution >= 4 is 16.6 Å². The molecule has 0 amide bonds. The van der Waals surface area contributed by atoms with Crippen LogP contribution >= 0.6 is 0 Å². The van der Waals surface area contributed by atoms with Gasteiger partial charge in [0.1, 0.15) is 0 Å². The monoisotopic (exact) mass is 396 g/mol. The van der Waals surface area contributed by atoms with Crippen LogP contribution in [0.25, 0.3) is 10.9 Å². The van der Waals surface area contributed by atoms with Crippen molar-refractivity contribution in [3.8, 4) is 0 Å². The molecule has 5 rings (SSSR count). The summed E-state index contributed by atoms with van der Waals surface area (Å²) in [5.41, 5.74) is 1.53. The molecule has 2 aromatic rings. The van der Waals surface area contributed by atoms with E-state index in [2.05, 4.69) is 26.9 Å². The standard InChI is InChI=1S/C23H32N4O2/c28-22-20-7-6-19(14-21(20)24-17-27(22)15-18-4-5-18)26-12-10-25(11-13-26)16-23(29)8-2-1-3-9-23/h6-7,14,17-18,29H,1-5,8-13,15-16H2. The lowest BCUT2D eigenvalue weighted by molar-refractivity contribution is -0.0271. The van der Waals surface area contributed by atoms with E-state index < -0.39 is 5.60 Å². The van der Waals surface area contributed by atoms with Crippen LogP contribution in [0.1, 0.15) is 44.9 Å². The van der Waals surface area contributed by atoms with Crippen molar-refractivity contribution in [1.82, 2.24) is 14.5 Å². The van der Waals surface area contributed by atoms with E-state index in [9.17, 15) is 9.90 Å². The summed E-state index contributed by atoms with van der Waals surface area (Å²) in [5, 5.41) is 11.6. The van der Waals surface area contributed by atoms with Gasteiger partial charge in [0.25, 0.3) is 5.56 Å². The molecule has 0 spiro atoms. The predicted molar refractivity (Wildman–Crippen MR) is 115 cm³/mol. The Labute approximate surface area is 172 Å². The minimum atomic E-state index is -0.479. The van der Waals surface area contributed by atoms with Crippen LogP contribution in [0.3, 0.4) is 0 Å². The van der Waals surface area contributed by atoms with E-state index >= 15 is 0 Å². The van der Waals surface area contributed by atoms with Gasteiger partial charge >= 0.3 is 0 Å². The number of aromatic nitrogens is 2. The molecular formula is C23H32N4O2. The molecule has 0 bridgehead atoms. The maximum absolute atomic E-state index is 12.7. The van der Waals surface area contributed by atoms with Gasteiger partial charge in [-0.05, 0) is 49.8 Å². The van der Waals surface area contributed by atoms with Crippen molar-refractivity contribution in [3.05, 3.63) is 34.9 Å². The Balaban J connectivity index is 1.25. The molecule has 0 atom stereocenters. The first-order valence-corrected chi connectivity index (χ1v) is 11.3. The summed E-state index contributed by atoms with van der Waals surface area (Å²) in [6.07, 6.45) is 9.64. The Morgan fingerprint density at radius 1 is 1.07 bits per heavy atom. The smallest absolute Gasteiger partial charge is 0.261 e. The quantitative estimate of drug-likeness (QED) is 0.842. The number of anilines is 1. The van der Waals surface area contributed by atoms with Gasteiger partial charge in [0.15, 0.2) is 0 Å². The third kappa shape index (κ3) is 4.19. The van der Waals surface area contributed by atoms with E-state index in [1.807, 2.05) is 6.07 Å². The number of nitrogens with zero attached hydrogens (tertiary/aromatic N) is 4. The van der Waals surface area contributed by atoms with Crippen LogP contribution in [-0.4, -0.2) is 57.9 Å². The van der Waals surface area contributed by atoms with Gasteiger partial charge in [-0.25, -0.2) is 4.98 Å². The van der Waals surface area contributed by atoms with Gasteiger partial charge in [-0.1, -0.05) is 19.3 Å². The molecule has 2 saturated carbocycles. The number of β-amino-alcohol motifs (C(OH)–C–C–N with tert-alkyl or cyclic N) is 1. The van der Waals surface area contributed by atoms with Gasteiger partial charge in [-0.15, -0.1) is 0 Å². The van der Waals surface area contributed by atoms with Crippen molar-refractivity contribution in [2.45, 2.75) is 57.1 Å². The molecule has 0 radical (unpaired) electrons. The topological polar surface area (TPSA) is 61.6 Å². The second-order valence-corrected chi connectivity index (χ2v) is 9.40. The number of piperazine rings is 1. The molecule has 1 aromatic carbocycles. The average molecular weight is 397 g/mol. The lowest BCUT2D eigenvalue weighted by Gasteiger charge is -2.41. The normalized spacial score (nSPS) is 22.9.